The standard InChI is InChI=1S/C22H23N3O3S/c26-22(18-14-23-25(16-18)15-17-7-2-1-3-8-17)24-19-9-6-12-21(13-19)29(27,28)20-10-4-5-11-20/h1-3,6-9,12-14,16,20H,4-5,10-11,15H2,(H,24,26). The van der Waals surface area contributed by atoms with Gasteiger partial charge in [0.15, 0.2) is 9.84 Å². The van der Waals surface area contributed by atoms with Crippen LogP contribution in [0.2, 0.25) is 0 Å². The third kappa shape index (κ3) is 4.40. The van der Waals surface area contributed by atoms with Crippen molar-refractivity contribution in [1.82, 2.24) is 9.78 Å². The van der Waals surface area contributed by atoms with Crippen LogP contribution in [-0.4, -0.2) is 29.4 Å². The van der Waals surface area contributed by atoms with Gasteiger partial charge in [-0.15, -0.1) is 0 Å². The van der Waals surface area contributed by atoms with Crippen LogP contribution in [0.5, 0.6) is 0 Å². The zero-order valence-electron chi connectivity index (χ0n) is 16.0. The number of hydrogen-bond donors (Lipinski definition) is 1. The summed E-state index contributed by atoms with van der Waals surface area (Å²) in [7, 11) is -3.36. The summed E-state index contributed by atoms with van der Waals surface area (Å²) in [6.07, 6.45) is 6.51. The van der Waals surface area contributed by atoms with Crippen molar-refractivity contribution in [3.05, 3.63) is 78.1 Å². The molecule has 3 aromatic rings. The molecule has 1 saturated carbocycles. The van der Waals surface area contributed by atoms with Gasteiger partial charge in [0.1, 0.15) is 0 Å². The first-order valence-corrected chi connectivity index (χ1v) is 11.3. The molecule has 0 radical (unpaired) electrons. The van der Waals surface area contributed by atoms with Gasteiger partial charge in [0, 0.05) is 11.9 Å². The Morgan fingerprint density at radius 3 is 2.59 bits per heavy atom. The van der Waals surface area contributed by atoms with E-state index in [1.165, 1.54) is 6.20 Å². The van der Waals surface area contributed by atoms with Gasteiger partial charge in [-0.3, -0.25) is 9.48 Å². The van der Waals surface area contributed by atoms with Crippen molar-refractivity contribution < 1.29 is 13.2 Å². The predicted molar refractivity (Wildman–Crippen MR) is 112 cm³/mol. The summed E-state index contributed by atoms with van der Waals surface area (Å²) in [5.41, 5.74) is 1.97. The average Bonchev–Trinajstić information content (AvgIpc) is 3.42. The molecule has 1 aliphatic carbocycles. The second-order valence-electron chi connectivity index (χ2n) is 7.35. The van der Waals surface area contributed by atoms with Crippen LogP contribution >= 0.6 is 0 Å². The van der Waals surface area contributed by atoms with E-state index < -0.39 is 9.84 Å². The first-order chi connectivity index (χ1) is 14.0. The van der Waals surface area contributed by atoms with Gasteiger partial charge < -0.3 is 5.32 Å². The van der Waals surface area contributed by atoms with Gasteiger partial charge in [-0.1, -0.05) is 49.2 Å². The Labute approximate surface area is 170 Å². The number of nitrogens with one attached hydrogen (secondary N) is 1. The zero-order chi connectivity index (χ0) is 20.3. The molecule has 1 amide bonds. The molecular weight excluding hydrogens is 386 g/mol. The van der Waals surface area contributed by atoms with Crippen molar-refractivity contribution in [1.29, 1.82) is 0 Å². The van der Waals surface area contributed by atoms with Gasteiger partial charge in [0.25, 0.3) is 5.91 Å². The normalized spacial score (nSPS) is 14.8. The first-order valence-electron chi connectivity index (χ1n) is 9.74. The van der Waals surface area contributed by atoms with Crippen molar-refractivity contribution in [2.24, 2.45) is 0 Å². The molecule has 0 atom stereocenters. The summed E-state index contributed by atoms with van der Waals surface area (Å²) >= 11 is 0. The highest BCUT2D eigenvalue weighted by Crippen LogP contribution is 2.30. The molecule has 1 aromatic heterocycles. The largest absolute Gasteiger partial charge is 0.322 e. The van der Waals surface area contributed by atoms with E-state index in [1.54, 1.807) is 35.1 Å². The van der Waals surface area contributed by atoms with Crippen LogP contribution in [0.25, 0.3) is 0 Å². The summed E-state index contributed by atoms with van der Waals surface area (Å²) in [6, 6.07) is 16.4. The molecule has 0 spiro atoms. The highest BCUT2D eigenvalue weighted by Gasteiger charge is 2.30. The summed E-state index contributed by atoms with van der Waals surface area (Å²) in [5.74, 6) is -0.320. The molecule has 6 nitrogen and oxygen atoms in total. The molecule has 0 aliphatic heterocycles. The Hall–Kier alpha value is -2.93. The van der Waals surface area contributed by atoms with Crippen LogP contribution in [0.3, 0.4) is 0 Å². The highest BCUT2D eigenvalue weighted by atomic mass is 32.2. The van der Waals surface area contributed by atoms with E-state index in [9.17, 15) is 13.2 Å². The maximum absolute atomic E-state index is 12.8. The van der Waals surface area contributed by atoms with Crippen LogP contribution in [0.15, 0.2) is 71.9 Å². The lowest BCUT2D eigenvalue weighted by Crippen LogP contribution is -2.18. The van der Waals surface area contributed by atoms with Gasteiger partial charge in [-0.25, -0.2) is 8.42 Å². The maximum atomic E-state index is 12.8. The first kappa shape index (κ1) is 19.4. The Morgan fingerprint density at radius 1 is 1.07 bits per heavy atom. The van der Waals surface area contributed by atoms with Crippen molar-refractivity contribution >= 4 is 21.4 Å². The van der Waals surface area contributed by atoms with E-state index in [2.05, 4.69) is 10.4 Å². The molecule has 150 valence electrons. The zero-order valence-corrected chi connectivity index (χ0v) is 16.8. The van der Waals surface area contributed by atoms with Crippen LogP contribution in [0, 0.1) is 0 Å². The number of hydrogen-bond acceptors (Lipinski definition) is 4. The maximum Gasteiger partial charge on any atom is 0.258 e. The number of sulfone groups is 1. The van der Waals surface area contributed by atoms with E-state index in [4.69, 9.17) is 0 Å². The number of anilines is 1. The lowest BCUT2D eigenvalue weighted by molar-refractivity contribution is 0.102. The van der Waals surface area contributed by atoms with Gasteiger partial charge in [-0.05, 0) is 36.6 Å². The Bertz CT molecular complexity index is 1100. The number of benzene rings is 2. The number of carbonyl (C=O) groups is 1. The van der Waals surface area contributed by atoms with Crippen molar-refractivity contribution in [2.75, 3.05) is 5.32 Å². The number of rotatable bonds is 6. The molecule has 29 heavy (non-hydrogen) atoms. The second-order valence-corrected chi connectivity index (χ2v) is 9.57. The lowest BCUT2D eigenvalue weighted by Gasteiger charge is -2.12. The third-order valence-electron chi connectivity index (χ3n) is 5.24. The minimum Gasteiger partial charge on any atom is -0.322 e. The second kappa shape index (κ2) is 8.21. The molecule has 1 heterocycles. The van der Waals surface area contributed by atoms with E-state index in [1.807, 2.05) is 30.3 Å². The monoisotopic (exact) mass is 409 g/mol. The lowest BCUT2D eigenvalue weighted by atomic mass is 10.2. The van der Waals surface area contributed by atoms with Crippen LogP contribution in [0.4, 0.5) is 5.69 Å². The van der Waals surface area contributed by atoms with Crippen LogP contribution in [0.1, 0.15) is 41.6 Å². The van der Waals surface area contributed by atoms with Crippen molar-refractivity contribution in [3.8, 4) is 0 Å². The molecule has 4 rings (SSSR count). The number of carbonyl (C=O) groups excluding carboxylic acids is 1. The minimum absolute atomic E-state index is 0.266. The summed E-state index contributed by atoms with van der Waals surface area (Å²) < 4.78 is 27.3. The van der Waals surface area contributed by atoms with Gasteiger partial charge in [0.05, 0.1) is 28.5 Å². The third-order valence-corrected chi connectivity index (χ3v) is 7.50. The van der Waals surface area contributed by atoms with E-state index in [-0.39, 0.29) is 16.1 Å². The molecule has 1 N–H and O–H groups in total. The molecule has 7 heteroatoms. The Balaban J connectivity index is 1.46. The fraction of sp³-hybridized carbons (Fsp3) is 0.273. The van der Waals surface area contributed by atoms with Crippen LogP contribution < -0.4 is 5.32 Å². The van der Waals surface area contributed by atoms with Gasteiger partial charge in [-0.2, -0.15) is 5.10 Å². The molecule has 1 fully saturated rings. The quantitative estimate of drug-likeness (QED) is 0.669. The number of amides is 1. The Kier molecular flexibility index (Phi) is 5.49. The molecule has 0 bridgehead atoms. The van der Waals surface area contributed by atoms with Crippen molar-refractivity contribution in [2.45, 2.75) is 42.4 Å². The summed E-state index contributed by atoms with van der Waals surface area (Å²) in [5, 5.41) is 6.71. The topological polar surface area (TPSA) is 81.1 Å². The molecule has 1 aliphatic rings. The minimum atomic E-state index is -3.36. The number of nitrogens with zero attached hydrogens (tertiary/aromatic N) is 2. The van der Waals surface area contributed by atoms with E-state index in [0.717, 1.165) is 18.4 Å². The average molecular weight is 410 g/mol. The fourth-order valence-electron chi connectivity index (χ4n) is 3.68. The van der Waals surface area contributed by atoms with Crippen molar-refractivity contribution in [3.63, 3.8) is 0 Å². The predicted octanol–water partition coefficient (Wildman–Crippen LogP) is 3.90. The van der Waals surface area contributed by atoms with E-state index in [0.29, 0.717) is 30.6 Å². The molecule has 0 unspecified atom stereocenters. The SMILES string of the molecule is O=C(Nc1cccc(S(=O)(=O)C2CCCC2)c1)c1cnn(Cc2ccccc2)c1. The number of aromatic nitrogens is 2. The summed E-state index contributed by atoms with van der Waals surface area (Å²) in [6.45, 7) is 0.573. The molecular formula is C22H23N3O3S. The van der Waals surface area contributed by atoms with Crippen LogP contribution in [-0.2, 0) is 16.4 Å². The van der Waals surface area contributed by atoms with Gasteiger partial charge >= 0.3 is 0 Å². The molecule has 0 saturated heterocycles. The van der Waals surface area contributed by atoms with E-state index >= 15 is 0 Å². The summed E-state index contributed by atoms with van der Waals surface area (Å²) in [4.78, 5) is 12.8. The Morgan fingerprint density at radius 2 is 1.83 bits per heavy atom. The highest BCUT2D eigenvalue weighted by molar-refractivity contribution is 7.92. The fourth-order valence-corrected chi connectivity index (χ4v) is 5.58. The smallest absolute Gasteiger partial charge is 0.258 e. The molecule has 2 aromatic carbocycles. The van der Waals surface area contributed by atoms with Gasteiger partial charge in [0.2, 0.25) is 0 Å².